The number of ether oxygens (including phenoxy) is 1. The van der Waals surface area contributed by atoms with E-state index in [0.717, 1.165) is 0 Å². The maximum absolute atomic E-state index is 12.4. The van der Waals surface area contributed by atoms with E-state index >= 15 is 0 Å². The predicted molar refractivity (Wildman–Crippen MR) is 62.0 cm³/mol. The summed E-state index contributed by atoms with van der Waals surface area (Å²) in [5.41, 5.74) is -0.425. The second-order valence-electron chi connectivity index (χ2n) is 6.85. The molecule has 0 aromatic heterocycles. The van der Waals surface area contributed by atoms with Crippen molar-refractivity contribution in [2.75, 3.05) is 13.2 Å². The topological polar surface area (TPSA) is 49.8 Å². The first kappa shape index (κ1) is 11.5. The van der Waals surface area contributed by atoms with Crippen LogP contribution in [-0.4, -0.2) is 40.9 Å². The number of hydrogen-bond donors (Lipinski definition) is 1. The van der Waals surface area contributed by atoms with E-state index in [-0.39, 0.29) is 41.7 Å². The van der Waals surface area contributed by atoms with Crippen LogP contribution in [0.1, 0.15) is 27.7 Å². The van der Waals surface area contributed by atoms with Crippen molar-refractivity contribution in [1.29, 1.82) is 0 Å². The molecule has 2 saturated heterocycles. The van der Waals surface area contributed by atoms with Crippen molar-refractivity contribution in [1.82, 2.24) is 4.90 Å². The van der Waals surface area contributed by atoms with Crippen molar-refractivity contribution in [3.05, 3.63) is 0 Å². The molecule has 3 aliphatic rings. The number of aliphatic hydroxyl groups excluding tert-OH is 1. The standard InChI is InChI=1S/C13H21NO3/c1-12(2,3)8-6-17-13(4)10-7(5-15)9(10)11(16)14(8)13/h7-10,15H,5-6H2,1-4H3/t7-,8+,9-,10+,13+/m0/s1. The average Bonchev–Trinajstić information content (AvgIpc) is 2.78. The van der Waals surface area contributed by atoms with Crippen molar-refractivity contribution in [3.63, 3.8) is 0 Å². The summed E-state index contributed by atoms with van der Waals surface area (Å²) in [5.74, 6) is 0.527. The molecular formula is C13H21NO3. The highest BCUT2D eigenvalue weighted by atomic mass is 16.5. The Morgan fingerprint density at radius 3 is 2.71 bits per heavy atom. The SMILES string of the molecule is CC(C)(C)[C@H]1CO[C@]2(C)[C@@H]3[C@@H](CO)[C@@H]3C(=O)N12. The maximum atomic E-state index is 12.4. The Hall–Kier alpha value is -0.610. The Balaban J connectivity index is 1.92. The second kappa shape index (κ2) is 3.04. The molecule has 5 atom stereocenters. The molecular weight excluding hydrogens is 218 g/mol. The van der Waals surface area contributed by atoms with Crippen molar-refractivity contribution in [3.8, 4) is 0 Å². The maximum Gasteiger partial charge on any atom is 0.229 e. The minimum Gasteiger partial charge on any atom is -0.396 e. The number of carbonyl (C=O) groups is 1. The largest absolute Gasteiger partial charge is 0.396 e. The smallest absolute Gasteiger partial charge is 0.229 e. The fraction of sp³-hybridized carbons (Fsp3) is 0.923. The van der Waals surface area contributed by atoms with Crippen LogP contribution in [0.4, 0.5) is 0 Å². The molecule has 17 heavy (non-hydrogen) atoms. The van der Waals surface area contributed by atoms with Gasteiger partial charge in [0.2, 0.25) is 5.91 Å². The van der Waals surface area contributed by atoms with Gasteiger partial charge in [0, 0.05) is 18.4 Å². The summed E-state index contributed by atoms with van der Waals surface area (Å²) < 4.78 is 5.95. The molecule has 4 nitrogen and oxygen atoms in total. The number of rotatable bonds is 1. The van der Waals surface area contributed by atoms with Crippen molar-refractivity contribution >= 4 is 5.91 Å². The van der Waals surface area contributed by atoms with Gasteiger partial charge in [0.05, 0.1) is 18.6 Å². The zero-order valence-corrected chi connectivity index (χ0v) is 10.9. The molecule has 0 radical (unpaired) electrons. The van der Waals surface area contributed by atoms with E-state index in [4.69, 9.17) is 4.74 Å². The molecule has 1 aliphatic carbocycles. The molecule has 0 bridgehead atoms. The predicted octanol–water partition coefficient (Wildman–Crippen LogP) is 0.844. The van der Waals surface area contributed by atoms with Gasteiger partial charge in [-0.25, -0.2) is 0 Å². The molecule has 0 aromatic carbocycles. The lowest BCUT2D eigenvalue weighted by molar-refractivity contribution is -0.146. The molecule has 0 spiro atoms. The first-order valence-corrected chi connectivity index (χ1v) is 6.40. The molecule has 1 N–H and O–H groups in total. The van der Waals surface area contributed by atoms with Gasteiger partial charge in [-0.3, -0.25) is 4.79 Å². The minimum absolute atomic E-state index is 0.00940. The number of nitrogens with zero attached hydrogens (tertiary/aromatic N) is 1. The van der Waals surface area contributed by atoms with Crippen molar-refractivity contribution in [2.24, 2.45) is 23.2 Å². The van der Waals surface area contributed by atoms with Gasteiger partial charge in [-0.15, -0.1) is 0 Å². The highest BCUT2D eigenvalue weighted by Gasteiger charge is 2.75. The molecule has 2 aliphatic heterocycles. The van der Waals surface area contributed by atoms with Crippen LogP contribution in [0.25, 0.3) is 0 Å². The first-order chi connectivity index (χ1) is 7.82. The van der Waals surface area contributed by atoms with Crippen LogP contribution >= 0.6 is 0 Å². The van der Waals surface area contributed by atoms with Crippen LogP contribution in [0.15, 0.2) is 0 Å². The van der Waals surface area contributed by atoms with E-state index in [0.29, 0.717) is 6.61 Å². The van der Waals surface area contributed by atoms with Crippen LogP contribution in [0.3, 0.4) is 0 Å². The van der Waals surface area contributed by atoms with Gasteiger partial charge in [-0.2, -0.15) is 0 Å². The highest BCUT2D eigenvalue weighted by Crippen LogP contribution is 2.64. The third-order valence-corrected chi connectivity index (χ3v) is 4.84. The normalized spacial score (nSPS) is 48.3. The highest BCUT2D eigenvalue weighted by molar-refractivity contribution is 5.87. The lowest BCUT2D eigenvalue weighted by Crippen LogP contribution is -2.52. The number of piperidine rings is 1. The summed E-state index contributed by atoms with van der Waals surface area (Å²) in [5, 5.41) is 9.26. The average molecular weight is 239 g/mol. The minimum atomic E-state index is -0.465. The van der Waals surface area contributed by atoms with Gasteiger partial charge >= 0.3 is 0 Å². The van der Waals surface area contributed by atoms with Crippen molar-refractivity contribution < 1.29 is 14.6 Å². The van der Waals surface area contributed by atoms with Crippen LogP contribution in [-0.2, 0) is 9.53 Å². The number of carbonyl (C=O) groups excluding carboxylic acids is 1. The lowest BCUT2D eigenvalue weighted by Gasteiger charge is -2.38. The first-order valence-electron chi connectivity index (χ1n) is 6.40. The van der Waals surface area contributed by atoms with Gasteiger partial charge in [0.15, 0.2) is 0 Å². The van der Waals surface area contributed by atoms with Crippen LogP contribution in [0.5, 0.6) is 0 Å². The number of fused-ring (bicyclic) bond motifs is 3. The number of aliphatic hydroxyl groups is 1. The van der Waals surface area contributed by atoms with E-state index in [1.165, 1.54) is 0 Å². The molecule has 3 rings (SSSR count). The molecule has 2 heterocycles. The second-order valence-corrected chi connectivity index (χ2v) is 6.85. The summed E-state index contributed by atoms with van der Waals surface area (Å²) >= 11 is 0. The zero-order chi connectivity index (χ0) is 12.6. The molecule has 1 amide bonds. The Morgan fingerprint density at radius 1 is 1.53 bits per heavy atom. The molecule has 0 aromatic rings. The molecule has 4 heteroatoms. The quantitative estimate of drug-likeness (QED) is 0.738. The third kappa shape index (κ3) is 1.23. The van der Waals surface area contributed by atoms with Gasteiger partial charge in [-0.05, 0) is 12.3 Å². The van der Waals surface area contributed by atoms with E-state index in [1.54, 1.807) is 0 Å². The molecule has 0 unspecified atom stereocenters. The van der Waals surface area contributed by atoms with Gasteiger partial charge in [0.1, 0.15) is 5.72 Å². The van der Waals surface area contributed by atoms with Crippen LogP contribution in [0.2, 0.25) is 0 Å². The van der Waals surface area contributed by atoms with Gasteiger partial charge < -0.3 is 14.7 Å². The summed E-state index contributed by atoms with van der Waals surface area (Å²) in [4.78, 5) is 14.3. The fourth-order valence-corrected chi connectivity index (χ4v) is 3.80. The summed E-state index contributed by atoms with van der Waals surface area (Å²) in [6, 6.07) is 0.159. The molecule has 96 valence electrons. The Kier molecular flexibility index (Phi) is 2.05. The van der Waals surface area contributed by atoms with E-state index in [9.17, 15) is 9.90 Å². The third-order valence-electron chi connectivity index (χ3n) is 4.84. The zero-order valence-electron chi connectivity index (χ0n) is 10.9. The number of amides is 1. The van der Waals surface area contributed by atoms with E-state index in [2.05, 4.69) is 20.8 Å². The summed E-state index contributed by atoms with van der Waals surface area (Å²) in [6.07, 6.45) is 0. The number of hydrogen-bond acceptors (Lipinski definition) is 3. The summed E-state index contributed by atoms with van der Waals surface area (Å²) in [6.45, 7) is 9.17. The van der Waals surface area contributed by atoms with Gasteiger partial charge in [-0.1, -0.05) is 20.8 Å². The van der Waals surface area contributed by atoms with Gasteiger partial charge in [0.25, 0.3) is 0 Å². The van der Waals surface area contributed by atoms with Crippen LogP contribution < -0.4 is 0 Å². The Morgan fingerprint density at radius 2 is 2.18 bits per heavy atom. The van der Waals surface area contributed by atoms with E-state index in [1.807, 2.05) is 11.8 Å². The van der Waals surface area contributed by atoms with Crippen molar-refractivity contribution in [2.45, 2.75) is 39.5 Å². The fourth-order valence-electron chi connectivity index (χ4n) is 3.80. The van der Waals surface area contributed by atoms with Crippen LogP contribution in [0, 0.1) is 23.2 Å². The summed E-state index contributed by atoms with van der Waals surface area (Å²) in [7, 11) is 0. The molecule has 3 fully saturated rings. The lowest BCUT2D eigenvalue weighted by atomic mass is 9.86. The Bertz CT molecular complexity index is 375. The monoisotopic (exact) mass is 239 g/mol. The Labute approximate surface area is 102 Å². The molecule has 1 saturated carbocycles. The van der Waals surface area contributed by atoms with E-state index < -0.39 is 5.72 Å².